The third kappa shape index (κ3) is 6.87. The summed E-state index contributed by atoms with van der Waals surface area (Å²) in [7, 11) is 1.99. The molecule has 0 atom stereocenters. The minimum absolute atomic E-state index is 0.448. The standard InChI is InChI=1S/C32H44N3O/c1-31(2,3)18-13-20-32(4,5)19-10-7-11-22-35-23-17-25(26-14-8-9-15-27(26)35)24-29-33-30-28(36-29)16-12-21-34(30)6/h8-9,12,14-17,21,23-24H,7,10-11,13,18-20,22H2,1-6H3/q+1. The SMILES string of the molecule is C[n+]1cccc2oc(/C=C3\C=CN(CCCCCC(C)(C)CCCC(C)(C)C)c4ccccc43)nc21. The van der Waals surface area contributed by atoms with Crippen LogP contribution in [0.25, 0.3) is 22.9 Å². The first-order chi connectivity index (χ1) is 17.1. The summed E-state index contributed by atoms with van der Waals surface area (Å²) in [6, 6.07) is 12.6. The highest BCUT2D eigenvalue weighted by atomic mass is 16.3. The molecule has 3 heterocycles. The van der Waals surface area contributed by atoms with E-state index in [2.05, 4.69) is 82.1 Å². The van der Waals surface area contributed by atoms with Crippen LogP contribution in [-0.2, 0) is 7.05 Å². The molecule has 4 rings (SSSR count). The molecule has 4 heteroatoms. The van der Waals surface area contributed by atoms with E-state index in [1.165, 1.54) is 56.2 Å². The topological polar surface area (TPSA) is 33.1 Å². The zero-order valence-corrected chi connectivity index (χ0v) is 23.2. The number of hydrogen-bond donors (Lipinski definition) is 0. The van der Waals surface area contributed by atoms with Crippen molar-refractivity contribution in [1.82, 2.24) is 4.98 Å². The Balaban J connectivity index is 1.33. The molecule has 2 aromatic heterocycles. The van der Waals surface area contributed by atoms with Crippen LogP contribution < -0.4 is 9.47 Å². The Morgan fingerprint density at radius 3 is 2.47 bits per heavy atom. The third-order valence-corrected chi connectivity index (χ3v) is 7.31. The van der Waals surface area contributed by atoms with Crippen LogP contribution in [-0.4, -0.2) is 11.5 Å². The van der Waals surface area contributed by atoms with Crippen LogP contribution in [0, 0.1) is 10.8 Å². The Morgan fingerprint density at radius 1 is 0.917 bits per heavy atom. The summed E-state index contributed by atoms with van der Waals surface area (Å²) in [6.07, 6.45) is 17.5. The Labute approximate surface area is 217 Å². The van der Waals surface area contributed by atoms with Gasteiger partial charge in [0.2, 0.25) is 5.58 Å². The number of nitrogens with zero attached hydrogens (tertiary/aromatic N) is 3. The molecular weight excluding hydrogens is 442 g/mol. The van der Waals surface area contributed by atoms with Crippen LogP contribution in [0.1, 0.15) is 91.0 Å². The fraction of sp³-hybridized carbons (Fsp3) is 0.500. The second kappa shape index (κ2) is 11.0. The molecule has 0 radical (unpaired) electrons. The minimum Gasteiger partial charge on any atom is -0.411 e. The number of aromatic nitrogens is 2. The van der Waals surface area contributed by atoms with Crippen LogP contribution in [0.2, 0.25) is 0 Å². The number of para-hydroxylation sites is 1. The fourth-order valence-corrected chi connectivity index (χ4v) is 5.14. The van der Waals surface area contributed by atoms with Crippen molar-refractivity contribution in [3.05, 3.63) is 66.3 Å². The van der Waals surface area contributed by atoms with E-state index in [9.17, 15) is 0 Å². The monoisotopic (exact) mass is 486 g/mol. The maximum atomic E-state index is 6.00. The summed E-state index contributed by atoms with van der Waals surface area (Å²) < 4.78 is 7.98. The molecular formula is C32H44N3O+. The first-order valence-corrected chi connectivity index (χ1v) is 13.6. The fourth-order valence-electron chi connectivity index (χ4n) is 5.14. The minimum atomic E-state index is 0.448. The summed E-state index contributed by atoms with van der Waals surface area (Å²) in [5.74, 6) is 0.639. The Hall–Kier alpha value is -2.88. The molecule has 4 nitrogen and oxygen atoms in total. The lowest BCUT2D eigenvalue weighted by atomic mass is 9.79. The first kappa shape index (κ1) is 26.2. The second-order valence-electron chi connectivity index (χ2n) is 12.4. The van der Waals surface area contributed by atoms with Crippen molar-refractivity contribution in [3.8, 4) is 0 Å². The van der Waals surface area contributed by atoms with Crippen molar-refractivity contribution in [2.75, 3.05) is 11.4 Å². The number of benzene rings is 1. The van der Waals surface area contributed by atoms with E-state index >= 15 is 0 Å². The molecule has 1 aliphatic rings. The summed E-state index contributed by atoms with van der Waals surface area (Å²) in [4.78, 5) is 7.09. The van der Waals surface area contributed by atoms with Gasteiger partial charge in [-0.2, -0.15) is 0 Å². The van der Waals surface area contributed by atoms with Crippen molar-refractivity contribution in [2.45, 2.75) is 79.6 Å². The number of pyridine rings is 1. The van der Waals surface area contributed by atoms with Gasteiger partial charge in [0.25, 0.3) is 0 Å². The first-order valence-electron chi connectivity index (χ1n) is 13.6. The molecule has 0 saturated carbocycles. The maximum Gasteiger partial charge on any atom is 0.370 e. The molecule has 0 N–H and O–H groups in total. The number of fused-ring (bicyclic) bond motifs is 2. The van der Waals surface area contributed by atoms with Crippen molar-refractivity contribution in [1.29, 1.82) is 0 Å². The van der Waals surface area contributed by atoms with E-state index in [0.29, 0.717) is 16.7 Å². The lowest BCUT2D eigenvalue weighted by Crippen LogP contribution is -2.28. The molecule has 1 aliphatic heterocycles. The molecule has 0 unspecified atom stereocenters. The van der Waals surface area contributed by atoms with Gasteiger partial charge in [-0.15, -0.1) is 0 Å². The second-order valence-corrected chi connectivity index (χ2v) is 12.4. The van der Waals surface area contributed by atoms with E-state index in [0.717, 1.165) is 23.3 Å². The maximum absolute atomic E-state index is 6.00. The molecule has 36 heavy (non-hydrogen) atoms. The van der Waals surface area contributed by atoms with Gasteiger partial charge in [-0.05, 0) is 66.4 Å². The highest BCUT2D eigenvalue weighted by Crippen LogP contribution is 2.35. The average molecular weight is 487 g/mol. The molecule has 0 amide bonds. The predicted octanol–water partition coefficient (Wildman–Crippen LogP) is 8.33. The number of unbranched alkanes of at least 4 members (excludes halogenated alkanes) is 2. The molecule has 0 spiro atoms. The Bertz CT molecular complexity index is 1230. The molecule has 0 aliphatic carbocycles. The van der Waals surface area contributed by atoms with Gasteiger partial charge < -0.3 is 9.32 Å². The molecule has 1 aromatic carbocycles. The van der Waals surface area contributed by atoms with Crippen molar-refractivity contribution in [3.63, 3.8) is 0 Å². The van der Waals surface area contributed by atoms with Crippen molar-refractivity contribution >= 4 is 28.6 Å². The summed E-state index contributed by atoms with van der Waals surface area (Å²) in [5, 5.41) is 0. The number of aryl methyl sites for hydroxylation is 1. The van der Waals surface area contributed by atoms with E-state index in [1.807, 2.05) is 29.9 Å². The Morgan fingerprint density at radius 2 is 1.69 bits per heavy atom. The third-order valence-electron chi connectivity index (χ3n) is 7.31. The zero-order chi connectivity index (χ0) is 25.8. The van der Waals surface area contributed by atoms with Gasteiger partial charge >= 0.3 is 11.5 Å². The molecule has 0 saturated heterocycles. The van der Waals surface area contributed by atoms with Crippen LogP contribution in [0.3, 0.4) is 0 Å². The molecule has 0 fully saturated rings. The van der Waals surface area contributed by atoms with E-state index < -0.39 is 0 Å². The summed E-state index contributed by atoms with van der Waals surface area (Å²) >= 11 is 0. The lowest BCUT2D eigenvalue weighted by molar-refractivity contribution is -0.646. The Kier molecular flexibility index (Phi) is 8.02. The number of anilines is 1. The van der Waals surface area contributed by atoms with Crippen molar-refractivity contribution in [2.24, 2.45) is 17.9 Å². The summed E-state index contributed by atoms with van der Waals surface area (Å²) in [5.41, 5.74) is 6.18. The normalized spacial score (nSPS) is 15.2. The average Bonchev–Trinajstić information content (AvgIpc) is 3.23. The van der Waals surface area contributed by atoms with Crippen LogP contribution >= 0.6 is 0 Å². The van der Waals surface area contributed by atoms with Crippen LogP contribution in [0.15, 0.2) is 59.3 Å². The van der Waals surface area contributed by atoms with Crippen LogP contribution in [0.5, 0.6) is 0 Å². The van der Waals surface area contributed by atoms with Gasteiger partial charge in [0.05, 0.1) is 13.2 Å². The van der Waals surface area contributed by atoms with E-state index in [-0.39, 0.29) is 0 Å². The van der Waals surface area contributed by atoms with E-state index in [1.54, 1.807) is 0 Å². The smallest absolute Gasteiger partial charge is 0.370 e. The highest BCUT2D eigenvalue weighted by Gasteiger charge is 2.21. The largest absolute Gasteiger partial charge is 0.411 e. The van der Waals surface area contributed by atoms with Gasteiger partial charge in [0.1, 0.15) is 0 Å². The van der Waals surface area contributed by atoms with Crippen molar-refractivity contribution < 1.29 is 8.98 Å². The van der Waals surface area contributed by atoms with Gasteiger partial charge in [-0.25, -0.2) is 4.57 Å². The number of rotatable bonds is 10. The number of oxazole rings is 1. The van der Waals surface area contributed by atoms with Gasteiger partial charge in [0.15, 0.2) is 0 Å². The lowest BCUT2D eigenvalue weighted by Gasteiger charge is -2.28. The summed E-state index contributed by atoms with van der Waals surface area (Å²) in [6.45, 7) is 13.0. The quantitative estimate of drug-likeness (QED) is 0.213. The van der Waals surface area contributed by atoms with Gasteiger partial charge in [-0.1, -0.05) is 72.1 Å². The molecule has 3 aromatic rings. The predicted molar refractivity (Wildman–Crippen MR) is 152 cm³/mol. The van der Waals surface area contributed by atoms with Gasteiger partial charge in [-0.3, -0.25) is 0 Å². The highest BCUT2D eigenvalue weighted by molar-refractivity contribution is 5.94. The van der Waals surface area contributed by atoms with E-state index in [4.69, 9.17) is 9.40 Å². The molecule has 192 valence electrons. The number of allylic oxidation sites excluding steroid dienone is 2. The van der Waals surface area contributed by atoms with Gasteiger partial charge in [0, 0.05) is 35.1 Å². The molecule has 0 bridgehead atoms. The zero-order valence-electron chi connectivity index (χ0n) is 23.2. The number of hydrogen-bond acceptors (Lipinski definition) is 3. The van der Waals surface area contributed by atoms with Crippen LogP contribution in [0.4, 0.5) is 5.69 Å².